The lowest BCUT2D eigenvalue weighted by Gasteiger charge is -2.25. The number of likely N-dealkylation sites (N-methyl/N-ethyl adjacent to an activating group) is 1. The molecule has 0 atom stereocenters. The van der Waals surface area contributed by atoms with Crippen molar-refractivity contribution in [3.8, 4) is 0 Å². The number of thiazole rings is 1. The summed E-state index contributed by atoms with van der Waals surface area (Å²) in [4.78, 5) is 25.0. The average molecular weight is 460 g/mol. The second-order valence-electron chi connectivity index (χ2n) is 6.72. The molecule has 4 nitrogen and oxygen atoms in total. The summed E-state index contributed by atoms with van der Waals surface area (Å²) in [5, 5.41) is 0.778. The van der Waals surface area contributed by atoms with E-state index in [0.717, 1.165) is 56.1 Å². The normalized spacial score (nSPS) is 11.4. The molecule has 0 unspecified atom stereocenters. The molecule has 0 aliphatic carbocycles. The summed E-state index contributed by atoms with van der Waals surface area (Å²) >= 11 is 5.00. The molecule has 160 valence electrons. The van der Waals surface area contributed by atoms with Gasteiger partial charge in [0, 0.05) is 22.9 Å². The topological polar surface area (TPSA) is 36.4 Å². The average Bonchev–Trinajstić information content (AvgIpc) is 3.21. The zero-order valence-electron chi connectivity index (χ0n) is 18.1. The molecule has 1 aromatic heterocycles. The summed E-state index contributed by atoms with van der Waals surface area (Å²) in [5.74, 6) is 0.963. The van der Waals surface area contributed by atoms with Crippen LogP contribution in [-0.2, 0) is 0 Å². The fourth-order valence-electron chi connectivity index (χ4n) is 3.33. The van der Waals surface area contributed by atoms with E-state index in [2.05, 4.69) is 50.1 Å². The van der Waals surface area contributed by atoms with Crippen molar-refractivity contribution >= 4 is 56.1 Å². The summed E-state index contributed by atoms with van der Waals surface area (Å²) in [6, 6.07) is 14.2. The van der Waals surface area contributed by atoms with Crippen molar-refractivity contribution in [2.24, 2.45) is 0 Å². The van der Waals surface area contributed by atoms with Gasteiger partial charge in [-0.1, -0.05) is 50.3 Å². The number of amides is 1. The van der Waals surface area contributed by atoms with Crippen LogP contribution in [0.15, 0.2) is 52.3 Å². The van der Waals surface area contributed by atoms with E-state index in [1.807, 2.05) is 29.2 Å². The molecule has 1 heterocycles. The largest absolute Gasteiger partial charge is 0.302 e. The van der Waals surface area contributed by atoms with E-state index in [9.17, 15) is 4.79 Å². The molecule has 0 saturated carbocycles. The number of anilines is 1. The second kappa shape index (κ2) is 11.2. The summed E-state index contributed by atoms with van der Waals surface area (Å²) in [5.41, 5.74) is 1.75. The number of fused-ring (bicyclic) bond motifs is 1. The Bertz CT molecular complexity index is 985. The predicted molar refractivity (Wildman–Crippen MR) is 134 cm³/mol. The van der Waals surface area contributed by atoms with Gasteiger partial charge in [0.05, 0.1) is 15.8 Å². The lowest BCUT2D eigenvalue weighted by atomic mass is 10.2. The summed E-state index contributed by atoms with van der Waals surface area (Å²) < 4.78 is 1.12. The first-order valence-electron chi connectivity index (χ1n) is 10.3. The molecule has 3 aromatic rings. The van der Waals surface area contributed by atoms with Gasteiger partial charge in [-0.25, -0.2) is 4.98 Å². The van der Waals surface area contributed by atoms with Crippen molar-refractivity contribution in [3.63, 3.8) is 0 Å². The van der Waals surface area contributed by atoms with Gasteiger partial charge in [0.1, 0.15) is 0 Å². The molecular weight excluding hydrogens is 430 g/mol. The molecule has 7 heteroatoms. The lowest BCUT2D eigenvalue weighted by molar-refractivity contribution is 0.0981. The van der Waals surface area contributed by atoms with Gasteiger partial charge < -0.3 is 4.90 Å². The molecule has 0 bridgehead atoms. The van der Waals surface area contributed by atoms with Gasteiger partial charge in [-0.15, -0.1) is 23.5 Å². The van der Waals surface area contributed by atoms with Crippen LogP contribution >= 0.6 is 34.9 Å². The Morgan fingerprint density at radius 1 is 1.00 bits per heavy atom. The zero-order chi connectivity index (χ0) is 21.5. The fraction of sp³-hybridized carbons (Fsp3) is 0.391. The minimum Gasteiger partial charge on any atom is -0.302 e. The first-order valence-corrected chi connectivity index (χ1v) is 13.3. The molecule has 0 radical (unpaired) electrons. The molecule has 0 N–H and O–H groups in total. The number of para-hydroxylation sites is 1. The van der Waals surface area contributed by atoms with Crippen molar-refractivity contribution in [2.45, 2.75) is 30.6 Å². The minimum absolute atomic E-state index is 0.0310. The number of benzene rings is 2. The fourth-order valence-corrected chi connectivity index (χ4v) is 5.77. The van der Waals surface area contributed by atoms with E-state index in [1.54, 1.807) is 34.9 Å². The molecule has 0 saturated heterocycles. The highest BCUT2D eigenvalue weighted by Gasteiger charge is 2.24. The van der Waals surface area contributed by atoms with Gasteiger partial charge in [-0.2, -0.15) is 0 Å². The maximum atomic E-state index is 13.7. The Hall–Kier alpha value is -1.54. The van der Waals surface area contributed by atoms with Gasteiger partial charge in [0.15, 0.2) is 5.13 Å². The molecule has 0 aliphatic heterocycles. The number of hydrogen-bond donors (Lipinski definition) is 0. The smallest absolute Gasteiger partial charge is 0.261 e. The summed E-state index contributed by atoms with van der Waals surface area (Å²) in [6.45, 7) is 9.82. The summed E-state index contributed by atoms with van der Waals surface area (Å²) in [6.07, 6.45) is 2.06. The van der Waals surface area contributed by atoms with Crippen LogP contribution in [0.5, 0.6) is 0 Å². The van der Waals surface area contributed by atoms with Crippen molar-refractivity contribution < 1.29 is 4.79 Å². The molecule has 30 heavy (non-hydrogen) atoms. The van der Waals surface area contributed by atoms with Crippen LogP contribution in [0.25, 0.3) is 10.2 Å². The van der Waals surface area contributed by atoms with Crippen LogP contribution in [0.4, 0.5) is 5.13 Å². The van der Waals surface area contributed by atoms with Crippen LogP contribution in [0, 0.1) is 0 Å². The maximum Gasteiger partial charge on any atom is 0.261 e. The van der Waals surface area contributed by atoms with Crippen LogP contribution in [0.3, 0.4) is 0 Å². The van der Waals surface area contributed by atoms with Crippen molar-refractivity contribution in [1.82, 2.24) is 9.88 Å². The number of carbonyl (C=O) groups is 1. The number of thioether (sulfide) groups is 2. The van der Waals surface area contributed by atoms with Gasteiger partial charge in [-0.3, -0.25) is 9.69 Å². The van der Waals surface area contributed by atoms with Gasteiger partial charge in [0.25, 0.3) is 5.91 Å². The van der Waals surface area contributed by atoms with E-state index < -0.39 is 0 Å². The molecule has 1 amide bonds. The van der Waals surface area contributed by atoms with Crippen LogP contribution in [-0.4, -0.2) is 54.0 Å². The quantitative estimate of drug-likeness (QED) is 0.341. The molecule has 2 aromatic carbocycles. The highest BCUT2D eigenvalue weighted by atomic mass is 32.2. The van der Waals surface area contributed by atoms with Crippen LogP contribution in [0.1, 0.15) is 31.1 Å². The van der Waals surface area contributed by atoms with E-state index in [-0.39, 0.29) is 5.91 Å². The second-order valence-corrected chi connectivity index (χ2v) is 9.88. The van der Waals surface area contributed by atoms with E-state index >= 15 is 0 Å². The number of hydrogen-bond acceptors (Lipinski definition) is 6. The highest BCUT2D eigenvalue weighted by molar-refractivity contribution is 7.99. The Balaban J connectivity index is 2.02. The molecule has 3 rings (SSSR count). The first kappa shape index (κ1) is 23.1. The monoisotopic (exact) mass is 459 g/mol. The summed E-state index contributed by atoms with van der Waals surface area (Å²) in [7, 11) is 0. The maximum absolute atomic E-state index is 13.7. The first-order chi connectivity index (χ1) is 14.6. The highest BCUT2D eigenvalue weighted by Crippen LogP contribution is 2.35. The number of nitrogens with zero attached hydrogens (tertiary/aromatic N) is 3. The van der Waals surface area contributed by atoms with Crippen LogP contribution in [0.2, 0.25) is 0 Å². The number of rotatable bonds is 10. The minimum atomic E-state index is 0.0310. The Morgan fingerprint density at radius 3 is 2.43 bits per heavy atom. The van der Waals surface area contributed by atoms with Crippen molar-refractivity contribution in [3.05, 3.63) is 48.0 Å². The van der Waals surface area contributed by atoms with Crippen molar-refractivity contribution in [2.75, 3.05) is 43.1 Å². The number of aromatic nitrogens is 1. The van der Waals surface area contributed by atoms with Gasteiger partial charge in [0.2, 0.25) is 0 Å². The Morgan fingerprint density at radius 2 is 1.73 bits per heavy atom. The Labute approximate surface area is 192 Å². The third-order valence-corrected chi connectivity index (χ3v) is 7.79. The van der Waals surface area contributed by atoms with Crippen LogP contribution < -0.4 is 4.90 Å². The molecule has 0 aliphatic rings. The molecular formula is C23H29N3OS3. The molecule has 0 fully saturated rings. The predicted octanol–water partition coefficient (Wildman–Crippen LogP) is 6.12. The SMILES string of the molecule is CCSc1ccccc1C(=O)N(CCN(CC)CC)c1nc2c(SC)cccc2s1. The van der Waals surface area contributed by atoms with E-state index in [4.69, 9.17) is 4.98 Å². The van der Waals surface area contributed by atoms with Crippen molar-refractivity contribution in [1.29, 1.82) is 0 Å². The van der Waals surface area contributed by atoms with Gasteiger partial charge >= 0.3 is 0 Å². The third-order valence-electron chi connectivity index (χ3n) is 5.02. The Kier molecular flexibility index (Phi) is 8.62. The third kappa shape index (κ3) is 5.19. The molecule has 0 spiro atoms. The van der Waals surface area contributed by atoms with E-state index in [0.29, 0.717) is 6.54 Å². The van der Waals surface area contributed by atoms with Gasteiger partial charge in [-0.05, 0) is 49.4 Å². The zero-order valence-corrected chi connectivity index (χ0v) is 20.5. The standard InChI is InChI=1S/C23H29N3OS3/c1-5-25(6-2)15-16-26(22(27)17-11-8-9-12-18(17)29-7-3)23-24-21-19(28-4)13-10-14-20(21)30-23/h8-14H,5-7,15-16H2,1-4H3. The lowest BCUT2D eigenvalue weighted by Crippen LogP contribution is -2.39. The number of carbonyl (C=O) groups excluding carboxylic acids is 1. The van der Waals surface area contributed by atoms with E-state index in [1.165, 1.54) is 0 Å².